The Morgan fingerprint density at radius 3 is 2.41 bits per heavy atom. The van der Waals surface area contributed by atoms with E-state index in [0.29, 0.717) is 13.0 Å². The minimum atomic E-state index is -0.884. The highest BCUT2D eigenvalue weighted by molar-refractivity contribution is 5.74. The third-order valence-corrected chi connectivity index (χ3v) is 2.63. The minimum Gasteiger partial charge on any atom is -0.480 e. The van der Waals surface area contributed by atoms with E-state index < -0.39 is 23.7 Å². The van der Waals surface area contributed by atoms with E-state index in [1.807, 2.05) is 0 Å². The molecule has 1 rings (SSSR count). The van der Waals surface area contributed by atoms with Crippen LogP contribution in [0.3, 0.4) is 0 Å². The number of amides is 1. The van der Waals surface area contributed by atoms with Crippen LogP contribution < -0.4 is 5.32 Å². The zero-order valence-corrected chi connectivity index (χ0v) is 10.7. The minimum absolute atomic E-state index is 0.133. The summed E-state index contributed by atoms with van der Waals surface area (Å²) in [5, 5.41) is 11.7. The van der Waals surface area contributed by atoms with Crippen molar-refractivity contribution in [2.24, 2.45) is 0 Å². The number of ether oxygens (including phenoxy) is 1. The number of rotatable bonds is 2. The first-order valence-electron chi connectivity index (χ1n) is 5.62. The molecule has 0 aromatic heterocycles. The Morgan fingerprint density at radius 1 is 1.41 bits per heavy atom. The van der Waals surface area contributed by atoms with Gasteiger partial charge in [-0.2, -0.15) is 0 Å². The Balaban J connectivity index is 2.52. The molecule has 1 saturated heterocycles. The highest BCUT2D eigenvalue weighted by atomic mass is 16.6. The van der Waals surface area contributed by atoms with Crippen LogP contribution >= 0.6 is 0 Å². The van der Waals surface area contributed by atoms with Gasteiger partial charge in [0.05, 0.1) is 0 Å². The first-order chi connectivity index (χ1) is 7.70. The van der Waals surface area contributed by atoms with E-state index in [-0.39, 0.29) is 6.04 Å². The summed E-state index contributed by atoms with van der Waals surface area (Å²) in [7, 11) is 1.63. The predicted octanol–water partition coefficient (Wildman–Crippen LogP) is 0.668. The molecule has 0 saturated carbocycles. The number of likely N-dealkylation sites (N-methyl/N-ethyl adjacent to an activating group) is 1. The molecule has 0 bridgehead atoms. The van der Waals surface area contributed by atoms with Gasteiger partial charge in [-0.1, -0.05) is 0 Å². The van der Waals surface area contributed by atoms with Crippen molar-refractivity contribution in [3.8, 4) is 0 Å². The molecule has 1 aliphatic heterocycles. The van der Waals surface area contributed by atoms with E-state index in [0.717, 1.165) is 0 Å². The van der Waals surface area contributed by atoms with E-state index in [1.165, 1.54) is 4.90 Å². The third kappa shape index (κ3) is 3.89. The quantitative estimate of drug-likeness (QED) is 0.746. The maximum absolute atomic E-state index is 11.8. The smallest absolute Gasteiger partial charge is 0.410 e. The van der Waals surface area contributed by atoms with E-state index in [9.17, 15) is 9.59 Å². The molecular weight excluding hydrogens is 224 g/mol. The number of nitrogens with zero attached hydrogens (tertiary/aromatic N) is 1. The van der Waals surface area contributed by atoms with Crippen molar-refractivity contribution in [3.05, 3.63) is 0 Å². The Labute approximate surface area is 101 Å². The van der Waals surface area contributed by atoms with Crippen molar-refractivity contribution in [1.29, 1.82) is 0 Å². The topological polar surface area (TPSA) is 78.9 Å². The zero-order chi connectivity index (χ0) is 13.2. The lowest BCUT2D eigenvalue weighted by Gasteiger charge is -2.28. The van der Waals surface area contributed by atoms with Crippen LogP contribution in [0.1, 0.15) is 27.2 Å². The summed E-state index contributed by atoms with van der Waals surface area (Å²) in [4.78, 5) is 24.0. The number of carbonyl (C=O) groups is 2. The van der Waals surface area contributed by atoms with Gasteiger partial charge in [0.15, 0.2) is 0 Å². The monoisotopic (exact) mass is 244 g/mol. The van der Waals surface area contributed by atoms with Crippen molar-refractivity contribution in [1.82, 2.24) is 10.2 Å². The van der Waals surface area contributed by atoms with Gasteiger partial charge in [0.1, 0.15) is 11.6 Å². The number of hydrogen-bond acceptors (Lipinski definition) is 4. The molecule has 98 valence electrons. The highest BCUT2D eigenvalue weighted by Crippen LogP contribution is 2.16. The molecule has 2 atom stereocenters. The second-order valence-corrected chi connectivity index (χ2v) is 5.28. The number of aliphatic carboxylic acids is 1. The summed E-state index contributed by atoms with van der Waals surface area (Å²) in [6, 6.07) is -0.712. The summed E-state index contributed by atoms with van der Waals surface area (Å²) in [6.07, 6.45) is -0.0132. The van der Waals surface area contributed by atoms with Crippen LogP contribution in [0.25, 0.3) is 0 Å². The predicted molar refractivity (Wildman–Crippen MR) is 61.8 cm³/mol. The summed E-state index contributed by atoms with van der Waals surface area (Å²) in [5.74, 6) is -0.884. The van der Waals surface area contributed by atoms with Gasteiger partial charge in [-0.05, 0) is 27.2 Å². The van der Waals surface area contributed by atoms with E-state index in [4.69, 9.17) is 9.84 Å². The molecular formula is C11H20N2O4. The molecule has 1 aliphatic rings. The van der Waals surface area contributed by atoms with Gasteiger partial charge in [0, 0.05) is 19.6 Å². The molecule has 17 heavy (non-hydrogen) atoms. The average Bonchev–Trinajstić information content (AvgIpc) is 2.62. The van der Waals surface area contributed by atoms with E-state index in [2.05, 4.69) is 5.32 Å². The van der Waals surface area contributed by atoms with Crippen LogP contribution in [-0.2, 0) is 9.53 Å². The Morgan fingerprint density at radius 2 is 2.00 bits per heavy atom. The molecule has 2 N–H and O–H groups in total. The van der Waals surface area contributed by atoms with E-state index in [1.54, 1.807) is 27.8 Å². The zero-order valence-electron chi connectivity index (χ0n) is 10.7. The number of hydrogen-bond donors (Lipinski definition) is 2. The van der Waals surface area contributed by atoms with Gasteiger partial charge in [0.2, 0.25) is 0 Å². The third-order valence-electron chi connectivity index (χ3n) is 2.63. The maximum atomic E-state index is 11.8. The normalized spacial score (nSPS) is 24.5. The SMILES string of the molecule is CN(C(=O)OC(C)(C)C)C1CNC(C(=O)O)C1. The molecule has 6 nitrogen and oxygen atoms in total. The van der Waals surface area contributed by atoms with Gasteiger partial charge < -0.3 is 20.1 Å². The largest absolute Gasteiger partial charge is 0.480 e. The summed E-state index contributed by atoms with van der Waals surface area (Å²) in [5.41, 5.74) is -0.538. The number of nitrogens with one attached hydrogen (secondary N) is 1. The first kappa shape index (κ1) is 13.8. The molecule has 0 aromatic carbocycles. The fourth-order valence-corrected chi connectivity index (χ4v) is 1.68. The van der Waals surface area contributed by atoms with Gasteiger partial charge in [-0.15, -0.1) is 0 Å². The molecule has 1 heterocycles. The van der Waals surface area contributed by atoms with Crippen LogP contribution in [0.2, 0.25) is 0 Å². The standard InChI is InChI=1S/C11H20N2O4/c1-11(2,3)17-10(16)13(4)7-5-8(9(14)15)12-6-7/h7-8,12H,5-6H2,1-4H3,(H,14,15). The van der Waals surface area contributed by atoms with Gasteiger partial charge in [0.25, 0.3) is 0 Å². The lowest BCUT2D eigenvalue weighted by molar-refractivity contribution is -0.139. The van der Waals surface area contributed by atoms with Crippen molar-refractivity contribution in [3.63, 3.8) is 0 Å². The maximum Gasteiger partial charge on any atom is 0.410 e. The average molecular weight is 244 g/mol. The molecule has 0 aromatic rings. The van der Waals surface area contributed by atoms with Crippen molar-refractivity contribution in [2.45, 2.75) is 44.9 Å². The molecule has 0 radical (unpaired) electrons. The Kier molecular flexibility index (Phi) is 3.98. The van der Waals surface area contributed by atoms with Crippen molar-refractivity contribution in [2.75, 3.05) is 13.6 Å². The first-order valence-corrected chi connectivity index (χ1v) is 5.62. The second kappa shape index (κ2) is 4.91. The van der Waals surface area contributed by atoms with Crippen LogP contribution in [-0.4, -0.2) is 53.3 Å². The summed E-state index contributed by atoms with van der Waals surface area (Å²) < 4.78 is 5.22. The molecule has 2 unspecified atom stereocenters. The Hall–Kier alpha value is -1.30. The lowest BCUT2D eigenvalue weighted by atomic mass is 10.1. The summed E-state index contributed by atoms with van der Waals surface area (Å²) >= 11 is 0. The number of carboxylic acid groups (broad SMARTS) is 1. The van der Waals surface area contributed by atoms with Crippen LogP contribution in [0.5, 0.6) is 0 Å². The number of carboxylic acids is 1. The van der Waals surface area contributed by atoms with Crippen LogP contribution in [0, 0.1) is 0 Å². The van der Waals surface area contributed by atoms with Crippen molar-refractivity contribution >= 4 is 12.1 Å². The molecule has 1 fully saturated rings. The van der Waals surface area contributed by atoms with Gasteiger partial charge >= 0.3 is 12.1 Å². The number of carbonyl (C=O) groups excluding carboxylic acids is 1. The van der Waals surface area contributed by atoms with Crippen molar-refractivity contribution < 1.29 is 19.4 Å². The lowest BCUT2D eigenvalue weighted by Crippen LogP contribution is -2.41. The highest BCUT2D eigenvalue weighted by Gasteiger charge is 2.34. The van der Waals surface area contributed by atoms with Gasteiger partial charge in [-0.3, -0.25) is 4.79 Å². The fraction of sp³-hybridized carbons (Fsp3) is 0.818. The second-order valence-electron chi connectivity index (χ2n) is 5.28. The molecule has 6 heteroatoms. The molecule has 0 spiro atoms. The fourth-order valence-electron chi connectivity index (χ4n) is 1.68. The van der Waals surface area contributed by atoms with Crippen LogP contribution in [0.4, 0.5) is 4.79 Å². The Bertz CT molecular complexity index is 311. The van der Waals surface area contributed by atoms with Gasteiger partial charge in [-0.25, -0.2) is 4.79 Å². The van der Waals surface area contributed by atoms with E-state index >= 15 is 0 Å². The summed E-state index contributed by atoms with van der Waals surface area (Å²) in [6.45, 7) is 5.87. The van der Waals surface area contributed by atoms with Crippen LogP contribution in [0.15, 0.2) is 0 Å². The molecule has 1 amide bonds. The molecule has 0 aliphatic carbocycles.